The molecule has 0 aromatic rings. The van der Waals surface area contributed by atoms with E-state index in [1.165, 1.54) is 0 Å². The molecule has 2 saturated heterocycles. The standard InChI is InChI=1S/C13H22N2O4/c1-3-9-5-4-6-15(9)13(18)14(2)11-8-19-7-10(11)12(16)17/h9-11H,3-8H2,1-2H3,(H,16,17). The number of hydrogen-bond donors (Lipinski definition) is 1. The molecule has 3 atom stereocenters. The molecule has 0 aromatic heterocycles. The zero-order valence-electron chi connectivity index (χ0n) is 11.5. The molecule has 108 valence electrons. The van der Waals surface area contributed by atoms with Crippen molar-refractivity contribution in [2.45, 2.75) is 38.3 Å². The predicted molar refractivity (Wildman–Crippen MR) is 68.9 cm³/mol. The number of carboxylic acid groups (broad SMARTS) is 1. The number of aliphatic carboxylic acids is 1. The molecule has 0 bridgehead atoms. The number of carbonyl (C=O) groups excluding carboxylic acids is 1. The zero-order chi connectivity index (χ0) is 14.0. The maximum absolute atomic E-state index is 12.5. The van der Waals surface area contributed by atoms with Crippen LogP contribution in [0.1, 0.15) is 26.2 Å². The third-order valence-corrected chi connectivity index (χ3v) is 4.26. The number of nitrogens with zero attached hydrogens (tertiary/aromatic N) is 2. The molecule has 6 heteroatoms. The molecular formula is C13H22N2O4. The monoisotopic (exact) mass is 270 g/mol. The Morgan fingerprint density at radius 2 is 2.16 bits per heavy atom. The Morgan fingerprint density at radius 1 is 1.42 bits per heavy atom. The Morgan fingerprint density at radius 3 is 2.79 bits per heavy atom. The molecule has 2 rings (SSSR count). The summed E-state index contributed by atoms with van der Waals surface area (Å²) in [4.78, 5) is 27.0. The SMILES string of the molecule is CCC1CCCN1C(=O)N(C)C1COCC1C(=O)O. The highest BCUT2D eigenvalue weighted by Crippen LogP contribution is 2.25. The number of carboxylic acids is 1. The van der Waals surface area contributed by atoms with Crippen LogP contribution in [-0.4, -0.2) is 65.8 Å². The molecule has 19 heavy (non-hydrogen) atoms. The first kappa shape index (κ1) is 14.1. The van der Waals surface area contributed by atoms with Crippen LogP contribution in [0.5, 0.6) is 0 Å². The van der Waals surface area contributed by atoms with E-state index >= 15 is 0 Å². The van der Waals surface area contributed by atoms with Crippen LogP contribution < -0.4 is 0 Å². The lowest BCUT2D eigenvalue weighted by Gasteiger charge is -2.33. The summed E-state index contributed by atoms with van der Waals surface area (Å²) in [5.41, 5.74) is 0. The van der Waals surface area contributed by atoms with Crippen molar-refractivity contribution in [1.82, 2.24) is 9.80 Å². The second-order valence-corrected chi connectivity index (χ2v) is 5.34. The summed E-state index contributed by atoms with van der Waals surface area (Å²) in [5.74, 6) is -1.51. The summed E-state index contributed by atoms with van der Waals surface area (Å²) < 4.78 is 5.22. The molecule has 3 unspecified atom stereocenters. The van der Waals surface area contributed by atoms with Crippen molar-refractivity contribution in [1.29, 1.82) is 0 Å². The molecule has 0 aliphatic carbocycles. The maximum atomic E-state index is 12.5. The fraction of sp³-hybridized carbons (Fsp3) is 0.846. The Kier molecular flexibility index (Phi) is 4.29. The molecule has 2 heterocycles. The summed E-state index contributed by atoms with van der Waals surface area (Å²) in [6.45, 7) is 3.35. The lowest BCUT2D eigenvalue weighted by molar-refractivity contribution is -0.142. The minimum Gasteiger partial charge on any atom is -0.481 e. The predicted octanol–water partition coefficient (Wildman–Crippen LogP) is 1.01. The Hall–Kier alpha value is -1.30. The van der Waals surface area contributed by atoms with Gasteiger partial charge < -0.3 is 19.6 Å². The number of ether oxygens (including phenoxy) is 1. The topological polar surface area (TPSA) is 70.1 Å². The van der Waals surface area contributed by atoms with E-state index in [4.69, 9.17) is 9.84 Å². The number of carbonyl (C=O) groups is 2. The average molecular weight is 270 g/mol. The van der Waals surface area contributed by atoms with Crippen molar-refractivity contribution in [3.63, 3.8) is 0 Å². The average Bonchev–Trinajstić information content (AvgIpc) is 3.04. The summed E-state index contributed by atoms with van der Waals surface area (Å²) in [6, 6.07) is -0.130. The van der Waals surface area contributed by atoms with Gasteiger partial charge in [0, 0.05) is 19.6 Å². The first-order valence-corrected chi connectivity index (χ1v) is 6.90. The number of hydrogen-bond acceptors (Lipinski definition) is 3. The van der Waals surface area contributed by atoms with Gasteiger partial charge in [0.1, 0.15) is 5.92 Å². The maximum Gasteiger partial charge on any atom is 0.320 e. The van der Waals surface area contributed by atoms with Gasteiger partial charge in [-0.2, -0.15) is 0 Å². The van der Waals surface area contributed by atoms with Crippen LogP contribution in [-0.2, 0) is 9.53 Å². The van der Waals surface area contributed by atoms with E-state index in [-0.39, 0.29) is 18.7 Å². The van der Waals surface area contributed by atoms with E-state index in [0.29, 0.717) is 12.6 Å². The van der Waals surface area contributed by atoms with Crippen LogP contribution in [0.4, 0.5) is 4.79 Å². The fourth-order valence-electron chi connectivity index (χ4n) is 3.02. The Balaban J connectivity index is 2.04. The van der Waals surface area contributed by atoms with Gasteiger partial charge in [0.2, 0.25) is 0 Å². The zero-order valence-corrected chi connectivity index (χ0v) is 11.5. The van der Waals surface area contributed by atoms with Gasteiger partial charge in [-0.1, -0.05) is 6.92 Å². The highest BCUT2D eigenvalue weighted by Gasteiger charge is 2.41. The summed E-state index contributed by atoms with van der Waals surface area (Å²) in [6.07, 6.45) is 3.02. The van der Waals surface area contributed by atoms with Crippen molar-refractivity contribution in [2.24, 2.45) is 5.92 Å². The second kappa shape index (κ2) is 5.77. The second-order valence-electron chi connectivity index (χ2n) is 5.34. The third kappa shape index (κ3) is 2.68. The first-order valence-electron chi connectivity index (χ1n) is 6.90. The van der Waals surface area contributed by atoms with Gasteiger partial charge in [-0.05, 0) is 19.3 Å². The normalized spacial score (nSPS) is 30.6. The van der Waals surface area contributed by atoms with E-state index in [2.05, 4.69) is 6.92 Å². The molecule has 0 spiro atoms. The molecule has 0 saturated carbocycles. The van der Waals surface area contributed by atoms with Gasteiger partial charge in [-0.15, -0.1) is 0 Å². The lowest BCUT2D eigenvalue weighted by Crippen LogP contribution is -2.51. The molecule has 2 fully saturated rings. The summed E-state index contributed by atoms with van der Waals surface area (Å²) >= 11 is 0. The fourth-order valence-corrected chi connectivity index (χ4v) is 3.02. The van der Waals surface area contributed by atoms with Gasteiger partial charge in [-0.3, -0.25) is 4.79 Å². The van der Waals surface area contributed by atoms with Crippen molar-refractivity contribution in [3.8, 4) is 0 Å². The number of likely N-dealkylation sites (tertiary alicyclic amines) is 1. The van der Waals surface area contributed by atoms with Crippen molar-refractivity contribution in [2.75, 3.05) is 26.8 Å². The number of amides is 2. The molecule has 0 aromatic carbocycles. The molecule has 2 aliphatic heterocycles. The third-order valence-electron chi connectivity index (χ3n) is 4.26. The van der Waals surface area contributed by atoms with E-state index in [1.807, 2.05) is 4.90 Å². The van der Waals surface area contributed by atoms with Crippen molar-refractivity contribution < 1.29 is 19.4 Å². The van der Waals surface area contributed by atoms with E-state index < -0.39 is 11.9 Å². The Bertz CT molecular complexity index is 361. The smallest absolute Gasteiger partial charge is 0.320 e. The van der Waals surface area contributed by atoms with Gasteiger partial charge in [0.15, 0.2) is 0 Å². The minimum absolute atomic E-state index is 0.0638. The molecule has 6 nitrogen and oxygen atoms in total. The van der Waals surface area contributed by atoms with Crippen molar-refractivity contribution >= 4 is 12.0 Å². The van der Waals surface area contributed by atoms with Crippen LogP contribution in [0, 0.1) is 5.92 Å². The van der Waals surface area contributed by atoms with Gasteiger partial charge in [-0.25, -0.2) is 4.79 Å². The van der Waals surface area contributed by atoms with E-state index in [0.717, 1.165) is 25.8 Å². The van der Waals surface area contributed by atoms with E-state index in [1.54, 1.807) is 11.9 Å². The largest absolute Gasteiger partial charge is 0.481 e. The number of rotatable bonds is 3. The molecular weight excluding hydrogens is 248 g/mol. The quantitative estimate of drug-likeness (QED) is 0.831. The minimum atomic E-state index is -0.893. The van der Waals surface area contributed by atoms with Crippen LogP contribution >= 0.6 is 0 Å². The van der Waals surface area contributed by atoms with Gasteiger partial charge >= 0.3 is 12.0 Å². The highest BCUT2D eigenvalue weighted by atomic mass is 16.5. The Labute approximate surface area is 113 Å². The van der Waals surface area contributed by atoms with Gasteiger partial charge in [0.05, 0.1) is 19.3 Å². The van der Waals surface area contributed by atoms with E-state index in [9.17, 15) is 9.59 Å². The van der Waals surface area contributed by atoms with Crippen LogP contribution in [0.15, 0.2) is 0 Å². The number of likely N-dealkylation sites (N-methyl/N-ethyl adjacent to an activating group) is 1. The number of urea groups is 1. The highest BCUT2D eigenvalue weighted by molar-refractivity contribution is 5.77. The van der Waals surface area contributed by atoms with Crippen LogP contribution in [0.25, 0.3) is 0 Å². The molecule has 0 radical (unpaired) electrons. The summed E-state index contributed by atoms with van der Waals surface area (Å²) in [7, 11) is 1.68. The molecule has 2 amide bonds. The van der Waals surface area contributed by atoms with Gasteiger partial charge in [0.25, 0.3) is 0 Å². The molecule has 2 aliphatic rings. The van der Waals surface area contributed by atoms with Crippen molar-refractivity contribution in [3.05, 3.63) is 0 Å². The lowest BCUT2D eigenvalue weighted by atomic mass is 10.0. The van der Waals surface area contributed by atoms with Crippen LogP contribution in [0.3, 0.4) is 0 Å². The summed E-state index contributed by atoms with van der Waals surface area (Å²) in [5, 5.41) is 9.15. The first-order chi connectivity index (χ1) is 9.06. The molecule has 1 N–H and O–H groups in total. The van der Waals surface area contributed by atoms with Crippen LogP contribution in [0.2, 0.25) is 0 Å².